The zero-order valence-electron chi connectivity index (χ0n) is 20.0. The van der Waals surface area contributed by atoms with Crippen LogP contribution in [0, 0.1) is 0 Å². The van der Waals surface area contributed by atoms with Crippen LogP contribution in [0.5, 0.6) is 11.5 Å². The van der Waals surface area contributed by atoms with Crippen LogP contribution in [-0.2, 0) is 10.9 Å². The first-order valence-corrected chi connectivity index (χ1v) is 11.6. The highest BCUT2D eigenvalue weighted by atomic mass is 19.4. The van der Waals surface area contributed by atoms with E-state index in [1.807, 2.05) is 19.9 Å². The predicted molar refractivity (Wildman–Crippen MR) is 129 cm³/mol. The lowest BCUT2D eigenvalue weighted by atomic mass is 10.1. The largest absolute Gasteiger partial charge is 0.492 e. The molecule has 1 amide bonds. The molecule has 1 aliphatic heterocycles. The lowest BCUT2D eigenvalue weighted by Gasteiger charge is -2.31. The molecule has 0 unspecified atom stereocenters. The van der Waals surface area contributed by atoms with Gasteiger partial charge in [0, 0.05) is 30.8 Å². The van der Waals surface area contributed by atoms with E-state index in [4.69, 9.17) is 18.6 Å². The van der Waals surface area contributed by atoms with Crippen LogP contribution < -0.4 is 19.7 Å². The number of hydrogen-bond donors (Lipinski definition) is 1. The zero-order chi connectivity index (χ0) is 25.7. The number of carbonyl (C=O) groups excluding carboxylic acids is 1. The fraction of sp³-hybridized carbons (Fsp3) is 0.346. The Morgan fingerprint density at radius 2 is 1.72 bits per heavy atom. The summed E-state index contributed by atoms with van der Waals surface area (Å²) < 4.78 is 61.9. The minimum atomic E-state index is -4.48. The summed E-state index contributed by atoms with van der Waals surface area (Å²) in [7, 11) is 0. The summed E-state index contributed by atoms with van der Waals surface area (Å²) in [6.07, 6.45) is -4.48. The number of benzene rings is 2. The quantitative estimate of drug-likeness (QED) is 0.415. The molecular weight excluding hydrogens is 477 g/mol. The molecule has 36 heavy (non-hydrogen) atoms. The molecule has 1 aromatic heterocycles. The van der Waals surface area contributed by atoms with Gasteiger partial charge in [-0.25, -0.2) is 0 Å². The number of halogens is 3. The molecule has 0 radical (unpaired) electrons. The molecule has 0 saturated carbocycles. The number of anilines is 2. The summed E-state index contributed by atoms with van der Waals surface area (Å²) in [4.78, 5) is 15.1. The number of furan rings is 1. The van der Waals surface area contributed by atoms with Gasteiger partial charge in [-0.1, -0.05) is 12.1 Å². The number of nitrogens with zero attached hydrogens (tertiary/aromatic N) is 1. The van der Waals surface area contributed by atoms with Gasteiger partial charge in [0.05, 0.1) is 43.4 Å². The highest BCUT2D eigenvalue weighted by molar-refractivity contribution is 6.04. The normalized spacial score (nSPS) is 14.0. The van der Waals surface area contributed by atoms with Crippen LogP contribution in [0.1, 0.15) is 30.0 Å². The fourth-order valence-electron chi connectivity index (χ4n) is 3.89. The Bertz CT molecular complexity index is 1200. The molecule has 10 heteroatoms. The fourth-order valence-corrected chi connectivity index (χ4v) is 3.89. The number of ether oxygens (including phenoxy) is 3. The van der Waals surface area contributed by atoms with Gasteiger partial charge < -0.3 is 28.8 Å². The van der Waals surface area contributed by atoms with Gasteiger partial charge in [-0.15, -0.1) is 0 Å². The molecule has 1 aliphatic rings. The van der Waals surface area contributed by atoms with Gasteiger partial charge in [-0.2, -0.15) is 13.2 Å². The highest BCUT2D eigenvalue weighted by Gasteiger charge is 2.30. The van der Waals surface area contributed by atoms with E-state index in [2.05, 4.69) is 10.2 Å². The topological polar surface area (TPSA) is 73.2 Å². The summed E-state index contributed by atoms with van der Waals surface area (Å²) in [6, 6.07) is 11.1. The summed E-state index contributed by atoms with van der Waals surface area (Å²) in [5, 5.41) is 2.78. The molecule has 0 spiro atoms. The highest BCUT2D eigenvalue weighted by Crippen LogP contribution is 2.40. The number of carbonyl (C=O) groups is 1. The number of amides is 1. The van der Waals surface area contributed by atoms with Gasteiger partial charge in [0.1, 0.15) is 17.3 Å². The maximum Gasteiger partial charge on any atom is 0.416 e. The molecule has 0 bridgehead atoms. The van der Waals surface area contributed by atoms with Gasteiger partial charge in [-0.05, 0) is 38.1 Å². The van der Waals surface area contributed by atoms with Gasteiger partial charge in [0.15, 0.2) is 5.76 Å². The van der Waals surface area contributed by atoms with Gasteiger partial charge in [0.2, 0.25) is 0 Å². The van der Waals surface area contributed by atoms with Crippen molar-refractivity contribution >= 4 is 17.3 Å². The minimum Gasteiger partial charge on any atom is -0.492 e. The molecule has 192 valence electrons. The van der Waals surface area contributed by atoms with Crippen LogP contribution in [0.25, 0.3) is 11.3 Å². The third-order valence-corrected chi connectivity index (χ3v) is 5.57. The molecule has 3 aromatic rings. The van der Waals surface area contributed by atoms with E-state index in [9.17, 15) is 18.0 Å². The molecule has 4 rings (SSSR count). The van der Waals surface area contributed by atoms with Crippen molar-refractivity contribution in [1.29, 1.82) is 0 Å². The monoisotopic (exact) mass is 504 g/mol. The average Bonchev–Trinajstić information content (AvgIpc) is 3.37. The number of hydrogen-bond acceptors (Lipinski definition) is 6. The third kappa shape index (κ3) is 5.76. The van der Waals surface area contributed by atoms with E-state index in [1.54, 1.807) is 6.07 Å². The molecule has 0 aliphatic carbocycles. The van der Waals surface area contributed by atoms with Gasteiger partial charge in [0.25, 0.3) is 5.91 Å². The van der Waals surface area contributed by atoms with Crippen molar-refractivity contribution in [3.05, 3.63) is 59.9 Å². The summed E-state index contributed by atoms with van der Waals surface area (Å²) >= 11 is 0. The lowest BCUT2D eigenvalue weighted by molar-refractivity contribution is -0.137. The SMILES string of the molecule is CCOc1cc(N2CCOCC2)c(OCC)cc1NC(=O)c1ccc(-c2cccc(C(F)(F)F)c2)o1. The van der Waals surface area contributed by atoms with Crippen LogP contribution in [0.3, 0.4) is 0 Å². The van der Waals surface area contributed by atoms with Crippen LogP contribution in [0.15, 0.2) is 52.9 Å². The van der Waals surface area contributed by atoms with Crippen molar-refractivity contribution in [1.82, 2.24) is 0 Å². The zero-order valence-corrected chi connectivity index (χ0v) is 20.0. The van der Waals surface area contributed by atoms with E-state index < -0.39 is 17.6 Å². The molecule has 1 saturated heterocycles. The first-order valence-electron chi connectivity index (χ1n) is 11.6. The summed E-state index contributed by atoms with van der Waals surface area (Å²) in [5.41, 5.74) is 0.644. The molecule has 1 fully saturated rings. The Morgan fingerprint density at radius 1 is 1.00 bits per heavy atom. The smallest absolute Gasteiger partial charge is 0.416 e. The van der Waals surface area contributed by atoms with Crippen molar-refractivity contribution in [3.63, 3.8) is 0 Å². The molecule has 2 heterocycles. The van der Waals surface area contributed by atoms with Crippen LogP contribution >= 0.6 is 0 Å². The molecule has 1 N–H and O–H groups in total. The number of rotatable bonds is 8. The number of morpholine rings is 1. The van der Waals surface area contributed by atoms with Gasteiger partial charge >= 0.3 is 6.18 Å². The second-order valence-electron chi connectivity index (χ2n) is 7.98. The van der Waals surface area contributed by atoms with Crippen molar-refractivity contribution < 1.29 is 36.6 Å². The first-order chi connectivity index (χ1) is 17.3. The van der Waals surface area contributed by atoms with Crippen molar-refractivity contribution in [2.75, 3.05) is 49.7 Å². The van der Waals surface area contributed by atoms with E-state index in [-0.39, 0.29) is 17.1 Å². The Balaban J connectivity index is 1.60. The summed E-state index contributed by atoms with van der Waals surface area (Å²) in [6.45, 7) is 7.10. The average molecular weight is 505 g/mol. The van der Waals surface area contributed by atoms with Gasteiger partial charge in [-0.3, -0.25) is 4.79 Å². The Hall–Kier alpha value is -3.66. The molecule has 7 nitrogen and oxygen atoms in total. The first kappa shape index (κ1) is 25.4. The van der Waals surface area contributed by atoms with Crippen LogP contribution in [0.2, 0.25) is 0 Å². The second kappa shape index (κ2) is 10.9. The second-order valence-corrected chi connectivity index (χ2v) is 7.98. The third-order valence-electron chi connectivity index (χ3n) is 5.57. The van der Waals surface area contributed by atoms with E-state index >= 15 is 0 Å². The maximum absolute atomic E-state index is 13.1. The molecule has 0 atom stereocenters. The Kier molecular flexibility index (Phi) is 7.73. The van der Waals surface area contributed by atoms with Crippen LogP contribution in [-0.4, -0.2) is 45.4 Å². The lowest BCUT2D eigenvalue weighted by Crippen LogP contribution is -2.36. The maximum atomic E-state index is 13.1. The standard InChI is InChI=1S/C26H27F3N2O5/c1-3-34-23-16-20(31-10-12-33-13-11-31)24(35-4-2)15-19(23)30-25(32)22-9-8-21(36-22)17-6-5-7-18(14-17)26(27,28)29/h5-9,14-16H,3-4,10-13H2,1-2H3,(H,30,32). The van der Waals surface area contributed by atoms with E-state index in [0.29, 0.717) is 56.7 Å². The van der Waals surface area contributed by atoms with Crippen molar-refractivity contribution in [2.45, 2.75) is 20.0 Å². The van der Waals surface area contributed by atoms with Crippen molar-refractivity contribution in [2.24, 2.45) is 0 Å². The summed E-state index contributed by atoms with van der Waals surface area (Å²) in [5.74, 6) is 0.562. The Morgan fingerprint density at radius 3 is 2.42 bits per heavy atom. The van der Waals surface area contributed by atoms with Crippen LogP contribution in [0.4, 0.5) is 24.5 Å². The van der Waals surface area contributed by atoms with Crippen molar-refractivity contribution in [3.8, 4) is 22.8 Å². The molecular formula is C26H27F3N2O5. The predicted octanol–water partition coefficient (Wildman–Crippen LogP) is 5.85. The minimum absolute atomic E-state index is 0.0555. The van der Waals surface area contributed by atoms with E-state index in [1.165, 1.54) is 24.3 Å². The Labute approximate surface area is 206 Å². The van der Waals surface area contributed by atoms with E-state index in [0.717, 1.165) is 17.8 Å². The number of nitrogens with one attached hydrogen (secondary N) is 1. The number of alkyl halides is 3. The molecule has 2 aromatic carbocycles.